The first-order valence-corrected chi connectivity index (χ1v) is 6.55. The third kappa shape index (κ3) is 2.37. The molecule has 2 rings (SSSR count). The highest BCUT2D eigenvalue weighted by Gasteiger charge is 2.32. The Kier molecular flexibility index (Phi) is 3.52. The van der Waals surface area contributed by atoms with Gasteiger partial charge < -0.3 is 4.90 Å². The first-order valence-electron chi connectivity index (χ1n) is 5.75. The zero-order valence-electron chi connectivity index (χ0n) is 9.91. The number of amides is 1. The summed E-state index contributed by atoms with van der Waals surface area (Å²) in [6.07, 6.45) is 0.984. The lowest BCUT2D eigenvalue weighted by Gasteiger charge is -2.22. The molecule has 0 bridgehead atoms. The molecule has 0 saturated carbocycles. The molecule has 1 aromatic rings. The predicted octanol–water partition coefficient (Wildman–Crippen LogP) is 3.46. The average Bonchev–Trinajstić information content (AvgIpc) is 2.57. The fraction of sp³-hybridized carbons (Fsp3) is 0.462. The van der Waals surface area contributed by atoms with Gasteiger partial charge in [-0.3, -0.25) is 4.79 Å². The summed E-state index contributed by atoms with van der Waals surface area (Å²) in [6, 6.07) is 4.79. The van der Waals surface area contributed by atoms with Crippen LogP contribution in [0.15, 0.2) is 22.7 Å². The summed E-state index contributed by atoms with van der Waals surface area (Å²) < 4.78 is 14.2. The minimum atomic E-state index is -0.462. The van der Waals surface area contributed by atoms with Crippen LogP contribution in [0.1, 0.15) is 30.6 Å². The van der Waals surface area contributed by atoms with Crippen molar-refractivity contribution in [2.45, 2.75) is 26.3 Å². The van der Waals surface area contributed by atoms with Crippen LogP contribution in [0.5, 0.6) is 0 Å². The molecule has 0 aromatic heterocycles. The highest BCUT2D eigenvalue weighted by molar-refractivity contribution is 9.10. The molecule has 1 amide bonds. The molecule has 0 spiro atoms. The summed E-state index contributed by atoms with van der Waals surface area (Å²) in [4.78, 5) is 14.1. The summed E-state index contributed by atoms with van der Waals surface area (Å²) in [5, 5.41) is 0. The van der Waals surface area contributed by atoms with Crippen molar-refractivity contribution in [2.24, 2.45) is 5.92 Å². The smallest absolute Gasteiger partial charge is 0.258 e. The van der Waals surface area contributed by atoms with Crippen molar-refractivity contribution in [3.8, 4) is 0 Å². The third-order valence-corrected chi connectivity index (χ3v) is 3.88. The van der Waals surface area contributed by atoms with E-state index in [0.717, 1.165) is 6.42 Å². The fourth-order valence-corrected chi connectivity index (χ4v) is 2.94. The number of hydrogen-bond donors (Lipinski definition) is 0. The van der Waals surface area contributed by atoms with E-state index in [1.165, 1.54) is 6.07 Å². The van der Waals surface area contributed by atoms with Crippen molar-refractivity contribution in [3.63, 3.8) is 0 Å². The van der Waals surface area contributed by atoms with Gasteiger partial charge in [-0.15, -0.1) is 0 Å². The van der Waals surface area contributed by atoms with E-state index in [2.05, 4.69) is 22.9 Å². The molecular weight excluding hydrogens is 285 g/mol. The molecule has 17 heavy (non-hydrogen) atoms. The van der Waals surface area contributed by atoms with Crippen molar-refractivity contribution in [2.75, 3.05) is 6.54 Å². The zero-order chi connectivity index (χ0) is 12.6. The largest absolute Gasteiger partial charge is 0.336 e. The van der Waals surface area contributed by atoms with Crippen molar-refractivity contribution in [1.29, 1.82) is 0 Å². The summed E-state index contributed by atoms with van der Waals surface area (Å²) in [5.74, 6) is -0.192. The summed E-state index contributed by atoms with van der Waals surface area (Å²) in [6.45, 7) is 4.83. The van der Waals surface area contributed by atoms with Crippen LogP contribution in [0.25, 0.3) is 0 Å². The van der Waals surface area contributed by atoms with Gasteiger partial charge in [0.1, 0.15) is 5.82 Å². The topological polar surface area (TPSA) is 20.3 Å². The highest BCUT2D eigenvalue weighted by Crippen LogP contribution is 2.28. The lowest BCUT2D eigenvalue weighted by molar-refractivity contribution is 0.0738. The molecule has 1 saturated heterocycles. The molecule has 1 heterocycles. The van der Waals surface area contributed by atoms with Gasteiger partial charge in [-0.25, -0.2) is 4.39 Å². The van der Waals surface area contributed by atoms with Crippen LogP contribution in [0.4, 0.5) is 4.39 Å². The number of carbonyl (C=O) groups is 1. The van der Waals surface area contributed by atoms with Crippen LogP contribution in [-0.4, -0.2) is 23.4 Å². The van der Waals surface area contributed by atoms with Crippen molar-refractivity contribution < 1.29 is 9.18 Å². The third-order valence-electron chi connectivity index (χ3n) is 3.22. The number of halogens is 2. The fourth-order valence-electron chi connectivity index (χ4n) is 2.43. The molecule has 0 aliphatic carbocycles. The van der Waals surface area contributed by atoms with Gasteiger partial charge in [-0.1, -0.05) is 13.0 Å². The van der Waals surface area contributed by atoms with Crippen molar-refractivity contribution in [3.05, 3.63) is 34.1 Å². The Morgan fingerprint density at radius 1 is 1.47 bits per heavy atom. The van der Waals surface area contributed by atoms with E-state index in [9.17, 15) is 9.18 Å². The maximum Gasteiger partial charge on any atom is 0.258 e. The van der Waals surface area contributed by atoms with Crippen LogP contribution in [0.2, 0.25) is 0 Å². The number of likely N-dealkylation sites (tertiary alicyclic amines) is 1. The number of carbonyl (C=O) groups excluding carboxylic acids is 1. The van der Waals surface area contributed by atoms with Crippen LogP contribution in [-0.2, 0) is 0 Å². The molecule has 4 heteroatoms. The van der Waals surface area contributed by atoms with Gasteiger partial charge in [0.15, 0.2) is 0 Å². The number of nitrogens with zero attached hydrogens (tertiary/aromatic N) is 1. The monoisotopic (exact) mass is 299 g/mol. The van der Waals surface area contributed by atoms with Gasteiger partial charge >= 0.3 is 0 Å². The first-order chi connectivity index (χ1) is 8.00. The van der Waals surface area contributed by atoms with Gasteiger partial charge in [0.25, 0.3) is 5.91 Å². The standard InChI is InChI=1S/C13H15BrFNO/c1-8-6-9(2)16(7-8)13(17)12-10(14)4-3-5-11(12)15/h3-5,8-9H,6-7H2,1-2H3. The van der Waals surface area contributed by atoms with Crippen LogP contribution in [0, 0.1) is 11.7 Å². The minimum absolute atomic E-state index is 0.147. The van der Waals surface area contributed by atoms with E-state index in [1.54, 1.807) is 17.0 Å². The summed E-state index contributed by atoms with van der Waals surface area (Å²) >= 11 is 3.24. The zero-order valence-corrected chi connectivity index (χ0v) is 11.5. The minimum Gasteiger partial charge on any atom is -0.336 e. The average molecular weight is 300 g/mol. The van der Waals surface area contributed by atoms with Crippen LogP contribution < -0.4 is 0 Å². The second kappa shape index (κ2) is 4.77. The van der Waals surface area contributed by atoms with Gasteiger partial charge in [-0.2, -0.15) is 0 Å². The van der Waals surface area contributed by atoms with E-state index in [-0.39, 0.29) is 17.5 Å². The predicted molar refractivity (Wildman–Crippen MR) is 68.4 cm³/mol. The quantitative estimate of drug-likeness (QED) is 0.778. The van der Waals surface area contributed by atoms with E-state index in [4.69, 9.17) is 0 Å². The Hall–Kier alpha value is -0.900. The SMILES string of the molecule is CC1CC(C)N(C(=O)c2c(F)cccc2Br)C1. The normalized spacial score (nSPS) is 24.1. The second-order valence-corrected chi connectivity index (χ2v) is 5.60. The maximum absolute atomic E-state index is 13.7. The second-order valence-electron chi connectivity index (χ2n) is 4.74. The Morgan fingerprint density at radius 2 is 2.18 bits per heavy atom. The number of benzene rings is 1. The Labute approximate surface area is 109 Å². The maximum atomic E-state index is 13.7. The molecular formula is C13H15BrFNO. The van der Waals surface area contributed by atoms with Crippen LogP contribution in [0.3, 0.4) is 0 Å². The number of hydrogen-bond acceptors (Lipinski definition) is 1. The lowest BCUT2D eigenvalue weighted by Crippen LogP contribution is -2.34. The summed E-state index contributed by atoms with van der Waals surface area (Å²) in [5.41, 5.74) is 0.147. The molecule has 2 nitrogen and oxygen atoms in total. The van der Waals surface area contributed by atoms with E-state index in [1.807, 2.05) is 6.92 Å². The molecule has 1 fully saturated rings. The molecule has 0 N–H and O–H groups in total. The molecule has 1 aliphatic heterocycles. The molecule has 92 valence electrons. The molecule has 1 aromatic carbocycles. The van der Waals surface area contributed by atoms with Crippen molar-refractivity contribution >= 4 is 21.8 Å². The highest BCUT2D eigenvalue weighted by atomic mass is 79.9. The Bertz CT molecular complexity index is 429. The Morgan fingerprint density at radius 3 is 2.71 bits per heavy atom. The van der Waals surface area contributed by atoms with Gasteiger partial charge in [-0.05, 0) is 47.3 Å². The molecule has 1 aliphatic rings. The number of rotatable bonds is 1. The van der Waals surface area contributed by atoms with E-state index >= 15 is 0 Å². The van der Waals surface area contributed by atoms with E-state index in [0.29, 0.717) is 16.9 Å². The van der Waals surface area contributed by atoms with Gasteiger partial charge in [0, 0.05) is 17.1 Å². The first kappa shape index (κ1) is 12.6. The van der Waals surface area contributed by atoms with Gasteiger partial charge in [0.2, 0.25) is 0 Å². The van der Waals surface area contributed by atoms with Gasteiger partial charge in [0.05, 0.1) is 5.56 Å². The van der Waals surface area contributed by atoms with Crippen molar-refractivity contribution in [1.82, 2.24) is 4.90 Å². The molecule has 2 unspecified atom stereocenters. The Balaban J connectivity index is 2.32. The molecule has 2 atom stereocenters. The van der Waals surface area contributed by atoms with E-state index < -0.39 is 5.82 Å². The molecule has 0 radical (unpaired) electrons. The van der Waals surface area contributed by atoms with Crippen LogP contribution >= 0.6 is 15.9 Å². The summed E-state index contributed by atoms with van der Waals surface area (Å²) in [7, 11) is 0. The lowest BCUT2D eigenvalue weighted by atomic mass is 10.1.